The maximum Gasteiger partial charge on any atom is 0.257 e. The van der Waals surface area contributed by atoms with Crippen LogP contribution in [-0.2, 0) is 17.8 Å². The number of unbranched alkanes of at least 4 members (excludes halogenated alkanes) is 1. The summed E-state index contributed by atoms with van der Waals surface area (Å²) in [5, 5.41) is 3.55. The van der Waals surface area contributed by atoms with Crippen LogP contribution in [0.5, 0.6) is 11.5 Å². The molecule has 3 aromatic carbocycles. The zero-order chi connectivity index (χ0) is 26.0. The first-order chi connectivity index (χ1) is 18.0. The van der Waals surface area contributed by atoms with Crippen LogP contribution in [0.3, 0.4) is 0 Å². The molecule has 1 heterocycles. The number of hydrogen-bond donors (Lipinski definition) is 1. The number of halogens is 1. The molecule has 0 spiro atoms. The fourth-order valence-corrected chi connectivity index (χ4v) is 4.25. The van der Waals surface area contributed by atoms with E-state index < -0.39 is 0 Å². The van der Waals surface area contributed by atoms with Crippen molar-refractivity contribution in [2.45, 2.75) is 45.6 Å². The highest BCUT2D eigenvalue weighted by atomic mass is 35.5. The monoisotopic (exact) mass is 519 g/mol. The fraction of sp³-hybridized carbons (Fsp3) is 0.333. The van der Waals surface area contributed by atoms with E-state index >= 15 is 0 Å². The second-order valence-electron chi connectivity index (χ2n) is 9.29. The Hall–Kier alpha value is -3.51. The van der Waals surface area contributed by atoms with Crippen molar-refractivity contribution in [2.24, 2.45) is 0 Å². The second kappa shape index (κ2) is 13.2. The molecule has 4 rings (SSSR count). The number of fused-ring (bicyclic) bond motifs is 1. The van der Waals surface area contributed by atoms with Crippen molar-refractivity contribution in [2.75, 3.05) is 19.8 Å². The van der Waals surface area contributed by atoms with Gasteiger partial charge in [-0.3, -0.25) is 4.79 Å². The molecule has 0 saturated carbocycles. The van der Waals surface area contributed by atoms with Crippen LogP contribution >= 0.6 is 11.6 Å². The molecule has 0 radical (unpaired) electrons. The van der Waals surface area contributed by atoms with E-state index in [1.807, 2.05) is 30.3 Å². The van der Waals surface area contributed by atoms with Crippen molar-refractivity contribution in [1.82, 2.24) is 14.9 Å². The summed E-state index contributed by atoms with van der Waals surface area (Å²) >= 11 is 5.88. The van der Waals surface area contributed by atoms with Gasteiger partial charge in [0.05, 0.1) is 17.6 Å². The Morgan fingerprint density at radius 2 is 1.65 bits per heavy atom. The largest absolute Gasteiger partial charge is 0.494 e. The van der Waals surface area contributed by atoms with Gasteiger partial charge in [-0.2, -0.15) is 0 Å². The summed E-state index contributed by atoms with van der Waals surface area (Å²) in [6, 6.07) is 23.5. The van der Waals surface area contributed by atoms with Crippen LogP contribution in [0.1, 0.15) is 44.0 Å². The van der Waals surface area contributed by atoms with Gasteiger partial charge in [0.2, 0.25) is 0 Å². The van der Waals surface area contributed by atoms with E-state index in [0.717, 1.165) is 42.0 Å². The number of carbonyl (C=O) groups is 1. The number of carbonyl (C=O) groups excluding carboxylic acids is 1. The molecule has 0 aliphatic heterocycles. The molecule has 1 amide bonds. The summed E-state index contributed by atoms with van der Waals surface area (Å²) < 4.78 is 13.7. The minimum absolute atomic E-state index is 0.0434. The molecule has 1 aromatic heterocycles. The maximum absolute atomic E-state index is 12.2. The van der Waals surface area contributed by atoms with Crippen molar-refractivity contribution in [3.63, 3.8) is 0 Å². The van der Waals surface area contributed by atoms with Crippen LogP contribution in [0, 0.1) is 0 Å². The zero-order valence-electron chi connectivity index (χ0n) is 21.5. The zero-order valence-corrected chi connectivity index (χ0v) is 22.2. The van der Waals surface area contributed by atoms with Gasteiger partial charge in [0, 0.05) is 24.5 Å². The number of ether oxygens (including phenoxy) is 2. The first kappa shape index (κ1) is 26.6. The third kappa shape index (κ3) is 7.73. The molecular weight excluding hydrogens is 486 g/mol. The van der Waals surface area contributed by atoms with Gasteiger partial charge in [0.1, 0.15) is 17.3 Å². The van der Waals surface area contributed by atoms with Gasteiger partial charge in [-0.15, -0.1) is 0 Å². The molecular formula is C30H34ClN3O3. The van der Waals surface area contributed by atoms with Crippen LogP contribution in [0.4, 0.5) is 0 Å². The second-order valence-corrected chi connectivity index (χ2v) is 9.73. The molecule has 0 fully saturated rings. The van der Waals surface area contributed by atoms with Crippen LogP contribution in [0.25, 0.3) is 11.0 Å². The summed E-state index contributed by atoms with van der Waals surface area (Å²) in [4.78, 5) is 17.1. The summed E-state index contributed by atoms with van der Waals surface area (Å²) in [5.41, 5.74) is 3.40. The Balaban J connectivity index is 1.25. The Morgan fingerprint density at radius 1 is 0.946 bits per heavy atom. The van der Waals surface area contributed by atoms with Crippen molar-refractivity contribution >= 4 is 28.5 Å². The highest BCUT2D eigenvalue weighted by molar-refractivity contribution is 6.30. The van der Waals surface area contributed by atoms with Crippen molar-refractivity contribution < 1.29 is 14.3 Å². The molecule has 7 heteroatoms. The molecule has 0 atom stereocenters. The number of amides is 1. The number of rotatable bonds is 13. The molecule has 0 aliphatic rings. The summed E-state index contributed by atoms with van der Waals surface area (Å²) in [7, 11) is 0. The average molecular weight is 520 g/mol. The molecule has 6 nitrogen and oxygen atoms in total. The SMILES string of the molecule is CC(C)c1ccc(OCCCCn2c(CCNC(=O)COc3ccc(Cl)cc3)nc3ccccc32)cc1. The quantitative estimate of drug-likeness (QED) is 0.207. The third-order valence-corrected chi connectivity index (χ3v) is 6.43. The van der Waals surface area contributed by atoms with E-state index in [4.69, 9.17) is 26.1 Å². The standard InChI is InChI=1S/C30H34ClN3O3/c1-22(2)23-9-13-25(14-10-23)36-20-6-5-19-34-28-8-4-3-7-27(28)33-29(34)17-18-32-30(35)21-37-26-15-11-24(31)12-16-26/h3-4,7-16,22H,5-6,17-21H2,1-2H3,(H,32,35). The lowest BCUT2D eigenvalue weighted by Crippen LogP contribution is -2.31. The molecule has 0 unspecified atom stereocenters. The molecule has 0 bridgehead atoms. The first-order valence-electron chi connectivity index (χ1n) is 12.8. The molecule has 1 N–H and O–H groups in total. The van der Waals surface area contributed by atoms with Crippen LogP contribution in [0.2, 0.25) is 5.02 Å². The number of para-hydroxylation sites is 2. The first-order valence-corrected chi connectivity index (χ1v) is 13.2. The minimum atomic E-state index is -0.170. The van der Waals surface area contributed by atoms with Crippen LogP contribution < -0.4 is 14.8 Å². The highest BCUT2D eigenvalue weighted by Gasteiger charge is 2.11. The van der Waals surface area contributed by atoms with E-state index in [2.05, 4.69) is 41.9 Å². The lowest BCUT2D eigenvalue weighted by atomic mass is 10.0. The Labute approximate surface area is 223 Å². The number of aromatic nitrogens is 2. The van der Waals surface area contributed by atoms with Gasteiger partial charge in [0.15, 0.2) is 6.61 Å². The number of aryl methyl sites for hydroxylation is 1. The number of nitrogens with zero attached hydrogens (tertiary/aromatic N) is 2. The molecule has 0 saturated heterocycles. The van der Waals surface area contributed by atoms with Gasteiger partial charge in [-0.1, -0.05) is 49.7 Å². The summed E-state index contributed by atoms with van der Waals surface area (Å²) in [6.45, 7) is 6.34. The summed E-state index contributed by atoms with van der Waals surface area (Å²) in [6.07, 6.45) is 2.55. The van der Waals surface area contributed by atoms with Crippen molar-refractivity contribution in [3.8, 4) is 11.5 Å². The summed E-state index contributed by atoms with van der Waals surface area (Å²) in [5.74, 6) is 2.83. The van der Waals surface area contributed by atoms with E-state index in [9.17, 15) is 4.79 Å². The number of benzene rings is 3. The predicted octanol–water partition coefficient (Wildman–Crippen LogP) is 6.41. The maximum atomic E-state index is 12.2. The van der Waals surface area contributed by atoms with Gasteiger partial charge < -0.3 is 19.4 Å². The number of hydrogen-bond acceptors (Lipinski definition) is 4. The highest BCUT2D eigenvalue weighted by Crippen LogP contribution is 2.20. The Morgan fingerprint density at radius 3 is 2.41 bits per heavy atom. The molecule has 4 aromatic rings. The van der Waals surface area contributed by atoms with Crippen molar-refractivity contribution in [1.29, 1.82) is 0 Å². The van der Waals surface area contributed by atoms with Crippen molar-refractivity contribution in [3.05, 3.63) is 89.2 Å². The van der Waals surface area contributed by atoms with E-state index in [1.54, 1.807) is 24.3 Å². The molecule has 194 valence electrons. The van der Waals surface area contributed by atoms with Gasteiger partial charge in [-0.05, 0) is 72.9 Å². The van der Waals surface area contributed by atoms with Crippen LogP contribution in [0.15, 0.2) is 72.8 Å². The predicted molar refractivity (Wildman–Crippen MR) is 149 cm³/mol. The average Bonchev–Trinajstić information content (AvgIpc) is 3.25. The van der Waals surface area contributed by atoms with Gasteiger partial charge in [0.25, 0.3) is 5.91 Å². The van der Waals surface area contributed by atoms with E-state index in [0.29, 0.717) is 36.3 Å². The minimum Gasteiger partial charge on any atom is -0.494 e. The Kier molecular flexibility index (Phi) is 9.44. The third-order valence-electron chi connectivity index (χ3n) is 6.18. The molecule has 0 aliphatic carbocycles. The number of nitrogens with one attached hydrogen (secondary N) is 1. The Bertz CT molecular complexity index is 1280. The van der Waals surface area contributed by atoms with E-state index in [1.165, 1.54) is 5.56 Å². The smallest absolute Gasteiger partial charge is 0.257 e. The van der Waals surface area contributed by atoms with Gasteiger partial charge >= 0.3 is 0 Å². The molecule has 37 heavy (non-hydrogen) atoms. The topological polar surface area (TPSA) is 65.4 Å². The van der Waals surface area contributed by atoms with Crippen LogP contribution in [-0.4, -0.2) is 35.2 Å². The van der Waals surface area contributed by atoms with Gasteiger partial charge in [-0.25, -0.2) is 4.98 Å². The normalized spacial score (nSPS) is 11.1. The fourth-order valence-electron chi connectivity index (χ4n) is 4.12. The number of imidazole rings is 1. The lowest BCUT2D eigenvalue weighted by Gasteiger charge is -2.11. The van der Waals surface area contributed by atoms with E-state index in [-0.39, 0.29) is 12.5 Å². The lowest BCUT2D eigenvalue weighted by molar-refractivity contribution is -0.123.